The maximum absolute atomic E-state index is 12.2. The minimum atomic E-state index is -0.529. The molecule has 0 saturated heterocycles. The number of carbonyl (C=O) groups excluding carboxylic acids is 1. The van der Waals surface area contributed by atoms with Crippen LogP contribution in [0.3, 0.4) is 0 Å². The molecule has 0 aliphatic rings. The number of hydrogen-bond donors (Lipinski definition) is 1. The van der Waals surface area contributed by atoms with Crippen molar-refractivity contribution in [1.29, 1.82) is 0 Å². The molecule has 1 N–H and O–H groups in total. The van der Waals surface area contributed by atoms with E-state index in [2.05, 4.69) is 17.2 Å². The Labute approximate surface area is 129 Å². The number of carbonyl (C=O) groups is 1. The lowest BCUT2D eigenvalue weighted by Gasteiger charge is -2.07. The van der Waals surface area contributed by atoms with E-state index in [-0.39, 0.29) is 16.0 Å². The summed E-state index contributed by atoms with van der Waals surface area (Å²) in [6, 6.07) is 7.28. The first-order valence-electron chi connectivity index (χ1n) is 6.25. The molecular weight excluding hydrogens is 310 g/mol. The van der Waals surface area contributed by atoms with Crippen molar-refractivity contribution < 1.29 is 9.72 Å². The molecule has 0 aliphatic heterocycles. The van der Waals surface area contributed by atoms with Crippen molar-refractivity contribution in [2.24, 2.45) is 0 Å². The van der Waals surface area contributed by atoms with Gasteiger partial charge in [0.2, 0.25) is 0 Å². The summed E-state index contributed by atoms with van der Waals surface area (Å²) in [5, 5.41) is 13.3. The zero-order valence-electron chi connectivity index (χ0n) is 11.2. The molecule has 1 heterocycles. The summed E-state index contributed by atoms with van der Waals surface area (Å²) in [5.74, 6) is 0.617. The van der Waals surface area contributed by atoms with Crippen LogP contribution in [-0.2, 0) is 0 Å². The van der Waals surface area contributed by atoms with Crippen LogP contribution in [0.4, 0.5) is 10.1 Å². The molecular formula is C13H13N3O3S2. The summed E-state index contributed by atoms with van der Waals surface area (Å²) in [5.41, 5.74) is 0.550. The largest absolute Gasteiger partial charge is 0.345 e. The maximum Gasteiger partial charge on any atom is 0.345 e. The van der Waals surface area contributed by atoms with Crippen molar-refractivity contribution in [3.05, 3.63) is 46.1 Å². The lowest BCUT2D eigenvalue weighted by molar-refractivity contribution is -0.380. The summed E-state index contributed by atoms with van der Waals surface area (Å²) < 4.78 is 0. The normalized spacial score (nSPS) is 10.3. The summed E-state index contributed by atoms with van der Waals surface area (Å²) in [6.45, 7) is 2.07. The summed E-state index contributed by atoms with van der Waals surface area (Å²) >= 11 is 2.45. The van der Waals surface area contributed by atoms with E-state index in [0.29, 0.717) is 5.56 Å². The Balaban J connectivity index is 2.14. The highest BCUT2D eigenvalue weighted by Crippen LogP contribution is 2.27. The fourth-order valence-electron chi connectivity index (χ4n) is 1.56. The maximum atomic E-state index is 12.2. The minimum absolute atomic E-state index is 0.0982. The second-order valence-electron chi connectivity index (χ2n) is 4.06. The highest BCUT2D eigenvalue weighted by molar-refractivity contribution is 7.99. The number of rotatable bonds is 6. The molecule has 0 aliphatic carbocycles. The van der Waals surface area contributed by atoms with Gasteiger partial charge in [0.05, 0.1) is 10.5 Å². The van der Waals surface area contributed by atoms with E-state index in [4.69, 9.17) is 0 Å². The molecule has 0 radical (unpaired) electrons. The smallest absolute Gasteiger partial charge is 0.298 e. The minimum Gasteiger partial charge on any atom is -0.298 e. The number of nitrogens with one attached hydrogen (secondary N) is 1. The Morgan fingerprint density at radius 1 is 1.48 bits per heavy atom. The van der Waals surface area contributed by atoms with Crippen molar-refractivity contribution in [3.63, 3.8) is 0 Å². The van der Waals surface area contributed by atoms with Crippen molar-refractivity contribution in [2.75, 3.05) is 11.1 Å². The molecule has 21 heavy (non-hydrogen) atoms. The Morgan fingerprint density at radius 3 is 2.90 bits per heavy atom. The Kier molecular flexibility index (Phi) is 5.29. The molecule has 2 rings (SSSR count). The monoisotopic (exact) mass is 323 g/mol. The summed E-state index contributed by atoms with van der Waals surface area (Å²) in [7, 11) is 0. The number of anilines is 1. The molecule has 2 aromatic rings. The topological polar surface area (TPSA) is 85.1 Å². The van der Waals surface area contributed by atoms with Gasteiger partial charge >= 0.3 is 5.00 Å². The van der Waals surface area contributed by atoms with E-state index in [0.717, 1.165) is 34.6 Å². The SMILES string of the molecule is CCCSc1ccccc1C(=O)Nc1ncc([N+](=O)[O-])s1. The number of nitro groups is 1. The van der Waals surface area contributed by atoms with Crippen LogP contribution in [-0.4, -0.2) is 21.6 Å². The van der Waals surface area contributed by atoms with Gasteiger partial charge < -0.3 is 0 Å². The lowest BCUT2D eigenvalue weighted by atomic mass is 10.2. The molecule has 1 aromatic carbocycles. The summed E-state index contributed by atoms with van der Waals surface area (Å²) in [4.78, 5) is 27.0. The molecule has 0 fully saturated rings. The van der Waals surface area contributed by atoms with Gasteiger partial charge in [0, 0.05) is 4.90 Å². The highest BCUT2D eigenvalue weighted by atomic mass is 32.2. The van der Waals surface area contributed by atoms with E-state index >= 15 is 0 Å². The average Bonchev–Trinajstić information content (AvgIpc) is 2.94. The molecule has 110 valence electrons. The fourth-order valence-corrected chi connectivity index (χ4v) is 3.11. The van der Waals surface area contributed by atoms with E-state index < -0.39 is 4.92 Å². The number of nitrogens with zero attached hydrogens (tertiary/aromatic N) is 2. The first-order valence-corrected chi connectivity index (χ1v) is 8.05. The van der Waals surface area contributed by atoms with Crippen molar-refractivity contribution in [2.45, 2.75) is 18.2 Å². The van der Waals surface area contributed by atoms with Crippen LogP contribution in [0.5, 0.6) is 0 Å². The van der Waals surface area contributed by atoms with E-state index in [1.165, 1.54) is 0 Å². The molecule has 0 saturated carbocycles. The predicted molar refractivity (Wildman–Crippen MR) is 84.2 cm³/mol. The number of benzene rings is 1. The quantitative estimate of drug-likeness (QED) is 0.496. The van der Waals surface area contributed by atoms with E-state index in [1.54, 1.807) is 23.9 Å². The van der Waals surface area contributed by atoms with Gasteiger partial charge in [0.1, 0.15) is 6.20 Å². The van der Waals surface area contributed by atoms with Gasteiger partial charge in [-0.05, 0) is 35.6 Å². The highest BCUT2D eigenvalue weighted by Gasteiger charge is 2.16. The number of aromatic nitrogens is 1. The number of amides is 1. The Bertz CT molecular complexity index is 658. The number of thioether (sulfide) groups is 1. The van der Waals surface area contributed by atoms with Gasteiger partial charge in [-0.1, -0.05) is 19.1 Å². The van der Waals surface area contributed by atoms with Crippen molar-refractivity contribution in [3.8, 4) is 0 Å². The number of thiazole rings is 1. The van der Waals surface area contributed by atoms with Crippen LogP contribution in [0.15, 0.2) is 35.4 Å². The van der Waals surface area contributed by atoms with Gasteiger partial charge in [-0.15, -0.1) is 11.8 Å². The van der Waals surface area contributed by atoms with Gasteiger partial charge in [0.25, 0.3) is 5.91 Å². The number of hydrogen-bond acceptors (Lipinski definition) is 6. The van der Waals surface area contributed by atoms with E-state index in [1.807, 2.05) is 12.1 Å². The van der Waals surface area contributed by atoms with Crippen LogP contribution in [0, 0.1) is 10.1 Å². The molecule has 1 amide bonds. The average molecular weight is 323 g/mol. The lowest BCUT2D eigenvalue weighted by Crippen LogP contribution is -2.12. The second kappa shape index (κ2) is 7.19. The molecule has 6 nitrogen and oxygen atoms in total. The Hall–Kier alpha value is -1.93. The summed E-state index contributed by atoms with van der Waals surface area (Å²) in [6.07, 6.45) is 2.15. The zero-order valence-corrected chi connectivity index (χ0v) is 12.9. The zero-order chi connectivity index (χ0) is 15.2. The molecule has 8 heteroatoms. The predicted octanol–water partition coefficient (Wildman–Crippen LogP) is 3.81. The van der Waals surface area contributed by atoms with Crippen LogP contribution < -0.4 is 5.32 Å². The van der Waals surface area contributed by atoms with Crippen LogP contribution in [0.25, 0.3) is 0 Å². The third-order valence-electron chi connectivity index (χ3n) is 2.49. The van der Waals surface area contributed by atoms with Gasteiger partial charge in [-0.2, -0.15) is 0 Å². The standard InChI is InChI=1S/C13H13N3O3S2/c1-2-7-20-10-6-4-3-5-9(10)12(17)15-13-14-8-11(21-13)16(18)19/h3-6,8H,2,7H2,1H3,(H,14,15,17). The second-order valence-corrected chi connectivity index (χ2v) is 6.21. The molecule has 0 unspecified atom stereocenters. The van der Waals surface area contributed by atoms with Crippen molar-refractivity contribution >= 4 is 39.1 Å². The first kappa shape index (κ1) is 15.5. The van der Waals surface area contributed by atoms with Gasteiger partial charge in [0.15, 0.2) is 5.13 Å². The molecule has 0 spiro atoms. The molecule has 0 atom stereocenters. The molecule has 1 aromatic heterocycles. The van der Waals surface area contributed by atoms with E-state index in [9.17, 15) is 14.9 Å². The molecule has 0 bridgehead atoms. The van der Waals surface area contributed by atoms with Crippen LogP contribution >= 0.6 is 23.1 Å². The Morgan fingerprint density at radius 2 is 2.24 bits per heavy atom. The van der Waals surface area contributed by atoms with Gasteiger partial charge in [-0.3, -0.25) is 20.2 Å². The van der Waals surface area contributed by atoms with Gasteiger partial charge in [-0.25, -0.2) is 4.98 Å². The third kappa shape index (κ3) is 4.02. The first-order chi connectivity index (χ1) is 10.1. The van der Waals surface area contributed by atoms with Crippen LogP contribution in [0.2, 0.25) is 0 Å². The third-order valence-corrected chi connectivity index (χ3v) is 4.63. The van der Waals surface area contributed by atoms with Crippen LogP contribution in [0.1, 0.15) is 23.7 Å². The van der Waals surface area contributed by atoms with Crippen molar-refractivity contribution in [1.82, 2.24) is 4.98 Å². The fraction of sp³-hybridized carbons (Fsp3) is 0.231.